The number of H-pyrrole nitrogens is 1. The Morgan fingerprint density at radius 1 is 1.56 bits per heavy atom. The molecule has 0 bridgehead atoms. The summed E-state index contributed by atoms with van der Waals surface area (Å²) in [6.45, 7) is 0. The SMILES string of the molecule is CSC1CCCC(n2ccc(=O)[nH]c2=S)C1. The molecule has 0 aromatic carbocycles. The van der Waals surface area contributed by atoms with Crippen LogP contribution in [0.15, 0.2) is 17.1 Å². The van der Waals surface area contributed by atoms with E-state index in [2.05, 4.69) is 11.2 Å². The first-order valence-electron chi connectivity index (χ1n) is 5.55. The molecule has 0 aliphatic heterocycles. The minimum absolute atomic E-state index is 0.113. The van der Waals surface area contributed by atoms with Gasteiger partial charge in [-0.1, -0.05) is 6.42 Å². The number of aromatic amines is 1. The van der Waals surface area contributed by atoms with Crippen LogP contribution in [0.3, 0.4) is 0 Å². The lowest BCUT2D eigenvalue weighted by atomic mass is 9.95. The van der Waals surface area contributed by atoms with Crippen molar-refractivity contribution < 1.29 is 0 Å². The van der Waals surface area contributed by atoms with Gasteiger partial charge in [0, 0.05) is 23.6 Å². The molecular formula is C11H16N2OS2. The largest absolute Gasteiger partial charge is 0.322 e. The van der Waals surface area contributed by atoms with Gasteiger partial charge in [-0.15, -0.1) is 0 Å². The van der Waals surface area contributed by atoms with Crippen LogP contribution in [0.25, 0.3) is 0 Å². The van der Waals surface area contributed by atoms with Crippen molar-refractivity contribution >= 4 is 24.0 Å². The van der Waals surface area contributed by atoms with Crippen molar-refractivity contribution in [2.45, 2.75) is 37.0 Å². The van der Waals surface area contributed by atoms with Crippen LogP contribution < -0.4 is 5.56 Å². The highest BCUT2D eigenvalue weighted by atomic mass is 32.2. The molecular weight excluding hydrogens is 240 g/mol. The van der Waals surface area contributed by atoms with Crippen LogP contribution in [0.1, 0.15) is 31.7 Å². The standard InChI is InChI=1S/C11H16N2OS2/c1-16-9-4-2-3-8(7-9)13-6-5-10(14)12-11(13)15/h5-6,8-9H,2-4,7H2,1H3,(H,12,14,15). The zero-order valence-corrected chi connectivity index (χ0v) is 10.9. The molecule has 1 aromatic heterocycles. The number of hydrogen-bond donors (Lipinski definition) is 1. The summed E-state index contributed by atoms with van der Waals surface area (Å²) in [5.41, 5.74) is -0.113. The van der Waals surface area contributed by atoms with Crippen molar-refractivity contribution in [3.8, 4) is 0 Å². The predicted octanol–water partition coefficient (Wildman–Crippen LogP) is 2.75. The van der Waals surface area contributed by atoms with E-state index < -0.39 is 0 Å². The van der Waals surface area contributed by atoms with Crippen molar-refractivity contribution in [3.05, 3.63) is 27.4 Å². The molecule has 1 aliphatic rings. The number of aromatic nitrogens is 2. The number of hydrogen-bond acceptors (Lipinski definition) is 3. The van der Waals surface area contributed by atoms with E-state index in [1.807, 2.05) is 22.5 Å². The second-order valence-electron chi connectivity index (χ2n) is 4.20. The molecule has 1 N–H and O–H groups in total. The predicted molar refractivity (Wildman–Crippen MR) is 70.7 cm³/mol. The molecule has 1 aromatic rings. The number of rotatable bonds is 2. The van der Waals surface area contributed by atoms with Crippen molar-refractivity contribution in [3.63, 3.8) is 0 Å². The molecule has 2 rings (SSSR count). The van der Waals surface area contributed by atoms with E-state index >= 15 is 0 Å². The van der Waals surface area contributed by atoms with Crippen molar-refractivity contribution in [1.29, 1.82) is 0 Å². The van der Waals surface area contributed by atoms with Gasteiger partial charge in [-0.3, -0.25) is 9.78 Å². The van der Waals surface area contributed by atoms with Crippen LogP contribution in [0.5, 0.6) is 0 Å². The molecule has 1 aliphatic carbocycles. The lowest BCUT2D eigenvalue weighted by Gasteiger charge is -2.29. The molecule has 1 saturated carbocycles. The second-order valence-corrected chi connectivity index (χ2v) is 5.72. The van der Waals surface area contributed by atoms with E-state index in [0.29, 0.717) is 10.8 Å². The van der Waals surface area contributed by atoms with Gasteiger partial charge in [0.05, 0.1) is 0 Å². The molecule has 16 heavy (non-hydrogen) atoms. The quantitative estimate of drug-likeness (QED) is 0.827. The molecule has 2 atom stereocenters. The molecule has 0 saturated heterocycles. The summed E-state index contributed by atoms with van der Waals surface area (Å²) in [5.74, 6) is 0. The summed E-state index contributed by atoms with van der Waals surface area (Å²) < 4.78 is 2.60. The van der Waals surface area contributed by atoms with E-state index in [-0.39, 0.29) is 5.56 Å². The summed E-state index contributed by atoms with van der Waals surface area (Å²) in [4.78, 5) is 13.8. The molecule has 1 fully saturated rings. The summed E-state index contributed by atoms with van der Waals surface area (Å²) in [6, 6.07) is 2.01. The van der Waals surface area contributed by atoms with Gasteiger partial charge in [0.1, 0.15) is 0 Å². The van der Waals surface area contributed by atoms with E-state index in [1.54, 1.807) is 6.07 Å². The number of thioether (sulfide) groups is 1. The van der Waals surface area contributed by atoms with Gasteiger partial charge in [-0.2, -0.15) is 11.8 Å². The Morgan fingerprint density at radius 3 is 3.06 bits per heavy atom. The Hall–Kier alpha value is -0.550. The number of nitrogens with one attached hydrogen (secondary N) is 1. The second kappa shape index (κ2) is 5.19. The van der Waals surface area contributed by atoms with Gasteiger partial charge in [-0.25, -0.2) is 0 Å². The highest BCUT2D eigenvalue weighted by Gasteiger charge is 2.22. The van der Waals surface area contributed by atoms with Gasteiger partial charge < -0.3 is 4.57 Å². The molecule has 2 unspecified atom stereocenters. The van der Waals surface area contributed by atoms with Crippen molar-refractivity contribution in [2.75, 3.05) is 6.26 Å². The van der Waals surface area contributed by atoms with E-state index in [1.165, 1.54) is 12.8 Å². The van der Waals surface area contributed by atoms with Gasteiger partial charge in [-0.05, 0) is 37.7 Å². The van der Waals surface area contributed by atoms with Crippen LogP contribution >= 0.6 is 24.0 Å². The first-order valence-corrected chi connectivity index (χ1v) is 7.24. The van der Waals surface area contributed by atoms with Crippen LogP contribution in [0.4, 0.5) is 0 Å². The fourth-order valence-electron chi connectivity index (χ4n) is 2.30. The minimum Gasteiger partial charge on any atom is -0.322 e. The Labute approximate surface area is 104 Å². The molecule has 0 radical (unpaired) electrons. The smallest absolute Gasteiger partial charge is 0.251 e. The molecule has 5 heteroatoms. The third-order valence-electron chi connectivity index (χ3n) is 3.18. The van der Waals surface area contributed by atoms with Crippen LogP contribution in [0, 0.1) is 4.77 Å². The third-order valence-corrected chi connectivity index (χ3v) is 4.58. The highest BCUT2D eigenvalue weighted by Crippen LogP contribution is 2.33. The number of nitrogens with zero attached hydrogens (tertiary/aromatic N) is 1. The first-order chi connectivity index (χ1) is 7.70. The Bertz CT molecular complexity index is 466. The Balaban J connectivity index is 2.23. The lowest BCUT2D eigenvalue weighted by molar-refractivity contribution is 0.353. The molecule has 0 spiro atoms. The van der Waals surface area contributed by atoms with Crippen molar-refractivity contribution in [2.24, 2.45) is 0 Å². The summed E-state index contributed by atoms with van der Waals surface area (Å²) >= 11 is 7.13. The topological polar surface area (TPSA) is 37.8 Å². The maximum absolute atomic E-state index is 11.1. The summed E-state index contributed by atoms with van der Waals surface area (Å²) in [6.07, 6.45) is 8.86. The third kappa shape index (κ3) is 2.58. The van der Waals surface area contributed by atoms with E-state index in [0.717, 1.165) is 18.1 Å². The Morgan fingerprint density at radius 2 is 2.38 bits per heavy atom. The van der Waals surface area contributed by atoms with Crippen LogP contribution in [-0.4, -0.2) is 21.1 Å². The van der Waals surface area contributed by atoms with Gasteiger partial charge in [0.2, 0.25) is 0 Å². The minimum atomic E-state index is -0.113. The molecule has 0 amide bonds. The average molecular weight is 256 g/mol. The zero-order valence-electron chi connectivity index (χ0n) is 9.31. The fourth-order valence-corrected chi connectivity index (χ4v) is 3.43. The monoisotopic (exact) mass is 256 g/mol. The van der Waals surface area contributed by atoms with E-state index in [9.17, 15) is 4.79 Å². The maximum atomic E-state index is 11.1. The Kier molecular flexibility index (Phi) is 3.86. The normalized spacial score (nSPS) is 25.6. The van der Waals surface area contributed by atoms with Gasteiger partial charge in [0.25, 0.3) is 5.56 Å². The summed E-state index contributed by atoms with van der Waals surface area (Å²) in [5, 5.41) is 0.729. The maximum Gasteiger partial charge on any atom is 0.251 e. The fraction of sp³-hybridized carbons (Fsp3) is 0.636. The average Bonchev–Trinajstić information content (AvgIpc) is 2.29. The van der Waals surface area contributed by atoms with Crippen molar-refractivity contribution in [1.82, 2.24) is 9.55 Å². The van der Waals surface area contributed by atoms with E-state index in [4.69, 9.17) is 12.2 Å². The van der Waals surface area contributed by atoms with Crippen LogP contribution in [0.2, 0.25) is 0 Å². The van der Waals surface area contributed by atoms with Crippen LogP contribution in [-0.2, 0) is 0 Å². The van der Waals surface area contributed by atoms with Gasteiger partial charge in [0.15, 0.2) is 4.77 Å². The molecule has 3 nitrogen and oxygen atoms in total. The molecule has 1 heterocycles. The van der Waals surface area contributed by atoms with Gasteiger partial charge >= 0.3 is 0 Å². The zero-order chi connectivity index (χ0) is 11.5. The highest BCUT2D eigenvalue weighted by molar-refractivity contribution is 7.99. The summed E-state index contributed by atoms with van der Waals surface area (Å²) in [7, 11) is 0. The first kappa shape index (κ1) is 11.9. The lowest BCUT2D eigenvalue weighted by Crippen LogP contribution is -2.23. The molecule has 88 valence electrons.